The van der Waals surface area contributed by atoms with Crippen LogP contribution in [0.25, 0.3) is 12.2 Å². The number of halogens is 2. The fourth-order valence-corrected chi connectivity index (χ4v) is 4.84. The third-order valence-electron chi connectivity index (χ3n) is 6.72. The van der Waals surface area contributed by atoms with E-state index in [1.165, 1.54) is 37.0 Å². The Balaban J connectivity index is 1.33. The lowest BCUT2D eigenvalue weighted by molar-refractivity contribution is 0.297. The zero-order valence-corrected chi connectivity index (χ0v) is 18.1. The molecule has 0 amide bonds. The highest BCUT2D eigenvalue weighted by molar-refractivity contribution is 5.69. The molecule has 2 heteroatoms. The Kier molecular flexibility index (Phi) is 6.96. The van der Waals surface area contributed by atoms with E-state index < -0.39 is 0 Å². The van der Waals surface area contributed by atoms with Crippen molar-refractivity contribution in [1.29, 1.82) is 0 Å². The van der Waals surface area contributed by atoms with Crippen LogP contribution in [0.1, 0.15) is 73.1 Å². The molecular weight excluding hydrogens is 386 g/mol. The van der Waals surface area contributed by atoms with E-state index in [2.05, 4.69) is 43.3 Å². The lowest BCUT2D eigenvalue weighted by Crippen LogP contribution is -2.15. The van der Waals surface area contributed by atoms with E-state index in [-0.39, 0.29) is 11.6 Å². The Morgan fingerprint density at radius 1 is 0.839 bits per heavy atom. The lowest BCUT2D eigenvalue weighted by atomic mass is 9.75. The van der Waals surface area contributed by atoms with Crippen LogP contribution in [-0.2, 0) is 0 Å². The smallest absolute Gasteiger partial charge is 0.130 e. The summed E-state index contributed by atoms with van der Waals surface area (Å²) < 4.78 is 27.7. The molecule has 0 radical (unpaired) electrons. The Labute approximate surface area is 184 Å². The second kappa shape index (κ2) is 10.0. The van der Waals surface area contributed by atoms with Gasteiger partial charge in [0.2, 0.25) is 0 Å². The molecular formula is C29H30F2. The molecule has 3 aromatic carbocycles. The van der Waals surface area contributed by atoms with Crippen LogP contribution in [0.5, 0.6) is 0 Å². The van der Waals surface area contributed by atoms with E-state index >= 15 is 0 Å². The Bertz CT molecular complexity index is 997. The second-order valence-corrected chi connectivity index (χ2v) is 8.93. The average Bonchev–Trinajstić information content (AvgIpc) is 2.80. The van der Waals surface area contributed by atoms with Crippen molar-refractivity contribution in [1.82, 2.24) is 0 Å². The maximum absolute atomic E-state index is 14.7. The molecule has 31 heavy (non-hydrogen) atoms. The molecule has 1 atom stereocenters. The van der Waals surface area contributed by atoms with Crippen molar-refractivity contribution in [2.75, 3.05) is 0 Å². The monoisotopic (exact) mass is 416 g/mol. The van der Waals surface area contributed by atoms with Crippen LogP contribution in [0, 0.1) is 17.6 Å². The molecule has 0 nitrogen and oxygen atoms in total. The first-order chi connectivity index (χ1) is 15.1. The molecule has 4 rings (SSSR count). The van der Waals surface area contributed by atoms with Crippen molar-refractivity contribution in [3.8, 4) is 0 Å². The van der Waals surface area contributed by atoms with Crippen LogP contribution in [0.15, 0.2) is 72.8 Å². The second-order valence-electron chi connectivity index (χ2n) is 8.93. The van der Waals surface area contributed by atoms with Crippen molar-refractivity contribution < 1.29 is 8.78 Å². The van der Waals surface area contributed by atoms with E-state index in [1.807, 2.05) is 12.1 Å². The first-order valence-electron chi connectivity index (χ1n) is 11.4. The van der Waals surface area contributed by atoms with Crippen molar-refractivity contribution >= 4 is 12.2 Å². The summed E-state index contributed by atoms with van der Waals surface area (Å²) in [5, 5.41) is 0. The molecule has 0 aliphatic heterocycles. The van der Waals surface area contributed by atoms with Crippen LogP contribution in [-0.4, -0.2) is 0 Å². The molecule has 1 unspecified atom stereocenters. The van der Waals surface area contributed by atoms with E-state index in [0.717, 1.165) is 29.9 Å². The largest absolute Gasteiger partial charge is 0.207 e. The number of hydrogen-bond acceptors (Lipinski definition) is 0. The Morgan fingerprint density at radius 2 is 1.55 bits per heavy atom. The summed E-state index contributed by atoms with van der Waals surface area (Å²) in [6.45, 7) is 2.33. The van der Waals surface area contributed by atoms with Crippen molar-refractivity contribution in [2.45, 2.75) is 50.9 Å². The highest BCUT2D eigenvalue weighted by atomic mass is 19.1. The van der Waals surface area contributed by atoms with Gasteiger partial charge in [-0.2, -0.15) is 0 Å². The van der Waals surface area contributed by atoms with Gasteiger partial charge in [0.15, 0.2) is 0 Å². The SMILES string of the molecule is CC(CC1CCC(c2ccc(/C=C/c3ccc(F)cc3)c(F)c2)CC1)c1ccccc1. The van der Waals surface area contributed by atoms with Gasteiger partial charge in [-0.05, 0) is 84.7 Å². The van der Waals surface area contributed by atoms with Crippen LogP contribution < -0.4 is 0 Å². The zero-order valence-electron chi connectivity index (χ0n) is 18.1. The zero-order chi connectivity index (χ0) is 21.6. The van der Waals surface area contributed by atoms with Crippen molar-refractivity contribution in [3.63, 3.8) is 0 Å². The molecule has 0 heterocycles. The van der Waals surface area contributed by atoms with Crippen LogP contribution in [0.2, 0.25) is 0 Å². The van der Waals surface area contributed by atoms with Crippen LogP contribution in [0.3, 0.4) is 0 Å². The minimum atomic E-state index is -0.267. The average molecular weight is 417 g/mol. The van der Waals surface area contributed by atoms with Crippen LogP contribution in [0.4, 0.5) is 8.78 Å². The van der Waals surface area contributed by atoms with Crippen molar-refractivity contribution in [3.05, 3.63) is 107 Å². The predicted molar refractivity (Wildman–Crippen MR) is 126 cm³/mol. The summed E-state index contributed by atoms with van der Waals surface area (Å²) >= 11 is 0. The van der Waals surface area contributed by atoms with E-state index in [9.17, 15) is 8.78 Å². The molecule has 160 valence electrons. The molecule has 1 aliphatic rings. The molecule has 0 N–H and O–H groups in total. The minimum Gasteiger partial charge on any atom is -0.207 e. The maximum atomic E-state index is 14.7. The van der Waals surface area contributed by atoms with E-state index in [1.54, 1.807) is 24.3 Å². The van der Waals surface area contributed by atoms with Crippen LogP contribution >= 0.6 is 0 Å². The highest BCUT2D eigenvalue weighted by Gasteiger charge is 2.24. The number of hydrogen-bond donors (Lipinski definition) is 0. The summed E-state index contributed by atoms with van der Waals surface area (Å²) in [4.78, 5) is 0. The summed E-state index contributed by atoms with van der Waals surface area (Å²) in [6, 6.07) is 22.6. The third kappa shape index (κ3) is 5.70. The molecule has 1 saturated carbocycles. The Hall–Kier alpha value is -2.74. The standard InChI is InChI=1S/C29H30F2/c1-21(24-5-3-2-4-6-24)19-23-8-12-25(13-9-23)27-16-15-26(29(31)20-27)14-7-22-10-17-28(30)18-11-22/h2-7,10-11,14-18,20-21,23,25H,8-9,12-13,19H2,1H3/b14-7+. The van der Waals surface area contributed by atoms with Gasteiger partial charge in [0.05, 0.1) is 0 Å². The number of benzene rings is 3. The topological polar surface area (TPSA) is 0 Å². The normalized spacial score (nSPS) is 20.1. The summed E-state index contributed by atoms with van der Waals surface area (Å²) in [7, 11) is 0. The third-order valence-corrected chi connectivity index (χ3v) is 6.72. The summed E-state index contributed by atoms with van der Waals surface area (Å²) in [6.07, 6.45) is 9.52. The molecule has 3 aromatic rings. The lowest BCUT2D eigenvalue weighted by Gasteiger charge is -2.30. The van der Waals surface area contributed by atoms with E-state index in [4.69, 9.17) is 0 Å². The molecule has 0 spiro atoms. The molecule has 0 aromatic heterocycles. The molecule has 0 saturated heterocycles. The van der Waals surface area contributed by atoms with Gasteiger partial charge in [-0.1, -0.05) is 73.7 Å². The van der Waals surface area contributed by atoms with Gasteiger partial charge in [0.25, 0.3) is 0 Å². The fourth-order valence-electron chi connectivity index (χ4n) is 4.84. The first-order valence-corrected chi connectivity index (χ1v) is 11.4. The van der Waals surface area contributed by atoms with Gasteiger partial charge in [0, 0.05) is 5.56 Å². The Morgan fingerprint density at radius 3 is 2.23 bits per heavy atom. The summed E-state index contributed by atoms with van der Waals surface area (Å²) in [5.74, 6) is 1.35. The van der Waals surface area contributed by atoms with Gasteiger partial charge < -0.3 is 0 Å². The molecule has 1 aliphatic carbocycles. The first kappa shape index (κ1) is 21.5. The summed E-state index contributed by atoms with van der Waals surface area (Å²) in [5.41, 5.74) is 3.97. The van der Waals surface area contributed by atoms with E-state index in [0.29, 0.717) is 17.4 Å². The number of rotatable bonds is 6. The fraction of sp³-hybridized carbons (Fsp3) is 0.310. The molecule has 1 fully saturated rings. The maximum Gasteiger partial charge on any atom is 0.130 e. The predicted octanol–water partition coefficient (Wildman–Crippen LogP) is 8.60. The van der Waals surface area contributed by atoms with Gasteiger partial charge in [0.1, 0.15) is 11.6 Å². The highest BCUT2D eigenvalue weighted by Crippen LogP contribution is 2.40. The van der Waals surface area contributed by atoms with Gasteiger partial charge >= 0.3 is 0 Å². The van der Waals surface area contributed by atoms with Gasteiger partial charge in [-0.15, -0.1) is 0 Å². The minimum absolute atomic E-state index is 0.185. The molecule has 0 bridgehead atoms. The van der Waals surface area contributed by atoms with Gasteiger partial charge in [-0.3, -0.25) is 0 Å². The van der Waals surface area contributed by atoms with Gasteiger partial charge in [-0.25, -0.2) is 8.78 Å². The van der Waals surface area contributed by atoms with Crippen molar-refractivity contribution in [2.24, 2.45) is 5.92 Å². The quantitative estimate of drug-likeness (QED) is 0.353.